The van der Waals surface area contributed by atoms with E-state index < -0.39 is 12.1 Å². The zero-order valence-corrected chi connectivity index (χ0v) is 49.6. The van der Waals surface area contributed by atoms with Gasteiger partial charge in [0.25, 0.3) is 0 Å². The van der Waals surface area contributed by atoms with Crippen molar-refractivity contribution in [3.8, 4) is 0 Å². The van der Waals surface area contributed by atoms with Crippen LogP contribution in [0.4, 0.5) is 0 Å². The van der Waals surface area contributed by atoms with Crippen molar-refractivity contribution in [2.45, 2.75) is 392 Å². The van der Waals surface area contributed by atoms with Crippen molar-refractivity contribution in [3.63, 3.8) is 0 Å². The Morgan fingerprint density at radius 2 is 0.644 bits per heavy atom. The molecule has 434 valence electrons. The smallest absolute Gasteiger partial charge is 0.305 e. The lowest BCUT2D eigenvalue weighted by Gasteiger charge is -2.22. The Balaban J connectivity index is 3.31. The Morgan fingerprint density at radius 3 is 0.973 bits per heavy atom. The number of ether oxygens (including phenoxy) is 1. The maximum Gasteiger partial charge on any atom is 0.305 e. The van der Waals surface area contributed by atoms with Crippen molar-refractivity contribution >= 4 is 11.9 Å². The third-order valence-electron chi connectivity index (χ3n) is 15.8. The van der Waals surface area contributed by atoms with Crippen LogP contribution in [-0.2, 0) is 14.3 Å². The van der Waals surface area contributed by atoms with Crippen molar-refractivity contribution in [2.75, 3.05) is 13.2 Å². The second kappa shape index (κ2) is 63.1. The number of rotatable bonds is 63. The average molecular weight is 1030 g/mol. The second-order valence-corrected chi connectivity index (χ2v) is 23.2. The summed E-state index contributed by atoms with van der Waals surface area (Å²) in [6.07, 6.45) is 76.9. The Hall–Kier alpha value is -1.40. The van der Waals surface area contributed by atoms with E-state index in [4.69, 9.17) is 4.74 Å². The summed E-state index contributed by atoms with van der Waals surface area (Å²) in [7, 11) is 0. The first kappa shape index (κ1) is 71.6. The Bertz CT molecular complexity index is 1100. The lowest BCUT2D eigenvalue weighted by molar-refractivity contribution is -0.143. The zero-order valence-electron chi connectivity index (χ0n) is 49.6. The topological polar surface area (TPSA) is 95.9 Å². The monoisotopic (exact) mass is 1030 g/mol. The fourth-order valence-electron chi connectivity index (χ4n) is 10.7. The van der Waals surface area contributed by atoms with Crippen molar-refractivity contribution < 1.29 is 24.5 Å². The van der Waals surface area contributed by atoms with Crippen LogP contribution >= 0.6 is 0 Å². The van der Waals surface area contributed by atoms with Crippen LogP contribution in [0.2, 0.25) is 0 Å². The number of amides is 1. The maximum atomic E-state index is 12.4. The molecule has 0 heterocycles. The van der Waals surface area contributed by atoms with Crippen molar-refractivity contribution in [3.05, 3.63) is 12.2 Å². The molecule has 6 nitrogen and oxygen atoms in total. The number of nitrogens with one attached hydrogen (secondary N) is 1. The molecule has 0 aliphatic rings. The van der Waals surface area contributed by atoms with Crippen molar-refractivity contribution in [1.29, 1.82) is 0 Å². The van der Waals surface area contributed by atoms with Crippen LogP contribution in [0.1, 0.15) is 380 Å². The molecule has 73 heavy (non-hydrogen) atoms. The van der Waals surface area contributed by atoms with E-state index in [0.29, 0.717) is 25.9 Å². The first-order valence-corrected chi connectivity index (χ1v) is 33.4. The number of carbonyl (C=O) groups is 2. The minimum Gasteiger partial charge on any atom is -0.466 e. The van der Waals surface area contributed by atoms with Gasteiger partial charge in [-0.1, -0.05) is 328 Å². The minimum atomic E-state index is -0.659. The van der Waals surface area contributed by atoms with Crippen LogP contribution in [0.3, 0.4) is 0 Å². The molecule has 0 aromatic rings. The third-order valence-corrected chi connectivity index (χ3v) is 15.8. The second-order valence-electron chi connectivity index (χ2n) is 23.2. The number of aliphatic hydroxyl groups excluding tert-OH is 2. The van der Waals surface area contributed by atoms with E-state index in [-0.39, 0.29) is 18.5 Å². The minimum absolute atomic E-state index is 0.0211. The Morgan fingerprint density at radius 1 is 0.370 bits per heavy atom. The van der Waals surface area contributed by atoms with E-state index in [9.17, 15) is 19.8 Å². The number of esters is 1. The molecule has 2 atom stereocenters. The lowest BCUT2D eigenvalue weighted by atomic mass is 10.0. The van der Waals surface area contributed by atoms with Gasteiger partial charge in [0.05, 0.1) is 25.4 Å². The van der Waals surface area contributed by atoms with Crippen LogP contribution in [0.25, 0.3) is 0 Å². The largest absolute Gasteiger partial charge is 0.466 e. The molecular weight excluding hydrogens is 899 g/mol. The number of hydrogen-bond donors (Lipinski definition) is 3. The molecular formula is C67H131NO5. The normalized spacial score (nSPS) is 12.5. The van der Waals surface area contributed by atoms with Gasteiger partial charge in [-0.25, -0.2) is 0 Å². The van der Waals surface area contributed by atoms with E-state index >= 15 is 0 Å². The molecule has 0 saturated carbocycles. The molecule has 6 heteroatoms. The standard InChI is InChI=1S/C67H131NO5/c1-3-5-7-9-11-13-15-16-38-41-45-49-53-57-61-67(72)73-62-58-54-50-46-42-39-36-34-32-30-28-26-24-22-20-18-17-19-21-23-25-27-29-31-33-35-37-40-44-48-52-56-60-66(71)68-64(63-69)65(70)59-55-51-47-43-14-12-10-8-6-4-2/h20,22,64-65,69-70H,3-19,21,23-63H2,1-2H3,(H,68,71)/b22-20-. The fourth-order valence-corrected chi connectivity index (χ4v) is 10.7. The summed E-state index contributed by atoms with van der Waals surface area (Å²) in [5.74, 6) is -0.0110. The Kier molecular flexibility index (Phi) is 61.9. The van der Waals surface area contributed by atoms with Gasteiger partial charge in [-0.05, 0) is 51.4 Å². The van der Waals surface area contributed by atoms with Crippen molar-refractivity contribution in [2.24, 2.45) is 0 Å². The summed E-state index contributed by atoms with van der Waals surface area (Å²) in [4.78, 5) is 24.5. The molecule has 0 spiro atoms. The lowest BCUT2D eigenvalue weighted by Crippen LogP contribution is -2.45. The van der Waals surface area contributed by atoms with Gasteiger partial charge in [-0.15, -0.1) is 0 Å². The number of carbonyl (C=O) groups excluding carboxylic acids is 2. The Labute approximate surface area is 457 Å². The summed E-state index contributed by atoms with van der Waals surface area (Å²) >= 11 is 0. The average Bonchev–Trinajstić information content (AvgIpc) is 3.39. The van der Waals surface area contributed by atoms with Gasteiger partial charge < -0.3 is 20.3 Å². The number of hydrogen-bond acceptors (Lipinski definition) is 5. The SMILES string of the molecule is CCCCCCCCCCCCCCCCC(=O)OCCCCCCCCCCCCCC/C=C\CCCCCCCCCCCCCCCCCCC(=O)NC(CO)C(O)CCCCCCCCCCCC. The van der Waals surface area contributed by atoms with Gasteiger partial charge in [-0.3, -0.25) is 9.59 Å². The summed E-state index contributed by atoms with van der Waals surface area (Å²) in [6.45, 7) is 4.97. The first-order chi connectivity index (χ1) is 36.0. The molecule has 3 N–H and O–H groups in total. The predicted molar refractivity (Wildman–Crippen MR) is 320 cm³/mol. The molecule has 0 rings (SSSR count). The number of unbranched alkanes of at least 4 members (excludes halogenated alkanes) is 50. The van der Waals surface area contributed by atoms with Gasteiger partial charge in [0, 0.05) is 12.8 Å². The van der Waals surface area contributed by atoms with E-state index in [1.807, 2.05) is 0 Å². The summed E-state index contributed by atoms with van der Waals surface area (Å²) in [5, 5.41) is 23.2. The fraction of sp³-hybridized carbons (Fsp3) is 0.940. The van der Waals surface area contributed by atoms with Crippen LogP contribution in [0.15, 0.2) is 12.2 Å². The zero-order chi connectivity index (χ0) is 52.9. The van der Waals surface area contributed by atoms with Crippen molar-refractivity contribution in [1.82, 2.24) is 5.32 Å². The first-order valence-electron chi connectivity index (χ1n) is 33.4. The summed E-state index contributed by atoms with van der Waals surface area (Å²) in [5.41, 5.74) is 0. The molecule has 0 aromatic carbocycles. The van der Waals surface area contributed by atoms with Crippen LogP contribution in [0.5, 0.6) is 0 Å². The predicted octanol–water partition coefficient (Wildman–Crippen LogP) is 21.2. The summed E-state index contributed by atoms with van der Waals surface area (Å²) < 4.78 is 5.49. The van der Waals surface area contributed by atoms with Gasteiger partial charge in [0.1, 0.15) is 0 Å². The highest BCUT2D eigenvalue weighted by Gasteiger charge is 2.20. The quantitative estimate of drug-likeness (QED) is 0.0320. The van der Waals surface area contributed by atoms with Gasteiger partial charge in [-0.2, -0.15) is 0 Å². The molecule has 0 saturated heterocycles. The highest BCUT2D eigenvalue weighted by molar-refractivity contribution is 5.76. The molecule has 0 aliphatic carbocycles. The molecule has 2 unspecified atom stereocenters. The highest BCUT2D eigenvalue weighted by atomic mass is 16.5. The number of aliphatic hydroxyl groups is 2. The van der Waals surface area contributed by atoms with E-state index in [1.54, 1.807) is 0 Å². The van der Waals surface area contributed by atoms with Crippen LogP contribution in [0, 0.1) is 0 Å². The summed E-state index contributed by atoms with van der Waals surface area (Å²) in [6, 6.07) is -0.537. The van der Waals surface area contributed by atoms with Gasteiger partial charge in [0.2, 0.25) is 5.91 Å². The number of allylic oxidation sites excluding steroid dienone is 2. The van der Waals surface area contributed by atoms with Crippen LogP contribution in [-0.4, -0.2) is 47.4 Å². The molecule has 0 aromatic heterocycles. The molecule has 1 amide bonds. The van der Waals surface area contributed by atoms with E-state index in [2.05, 4.69) is 31.3 Å². The molecule has 0 fully saturated rings. The molecule has 0 aliphatic heterocycles. The molecule has 0 radical (unpaired) electrons. The van der Waals surface area contributed by atoms with E-state index in [0.717, 1.165) is 38.5 Å². The van der Waals surface area contributed by atoms with Gasteiger partial charge in [0.15, 0.2) is 0 Å². The van der Waals surface area contributed by atoms with Gasteiger partial charge >= 0.3 is 5.97 Å². The highest BCUT2D eigenvalue weighted by Crippen LogP contribution is 2.18. The molecule has 0 bridgehead atoms. The van der Waals surface area contributed by atoms with Crippen LogP contribution < -0.4 is 5.32 Å². The van der Waals surface area contributed by atoms with E-state index in [1.165, 1.54) is 308 Å². The third kappa shape index (κ3) is 59.7. The maximum absolute atomic E-state index is 12.4.